The van der Waals surface area contributed by atoms with Crippen LogP contribution in [0.4, 0.5) is 0 Å². The smallest absolute Gasteiger partial charge is 0.268 e. The van der Waals surface area contributed by atoms with Crippen LogP contribution in [0.1, 0.15) is 23.1 Å². The minimum atomic E-state index is -0.354. The van der Waals surface area contributed by atoms with Gasteiger partial charge in [0.05, 0.1) is 11.4 Å². The van der Waals surface area contributed by atoms with E-state index in [0.717, 1.165) is 4.88 Å². The van der Waals surface area contributed by atoms with Crippen LogP contribution in [0.5, 0.6) is 0 Å². The number of nitrogens with zero attached hydrogens (tertiary/aromatic N) is 3. The third-order valence-corrected chi connectivity index (χ3v) is 4.06. The highest BCUT2D eigenvalue weighted by Gasteiger charge is 2.12. The first kappa shape index (κ1) is 15.2. The van der Waals surface area contributed by atoms with Gasteiger partial charge in [0.15, 0.2) is 5.82 Å². The molecule has 0 aliphatic heterocycles. The van der Waals surface area contributed by atoms with Crippen molar-refractivity contribution in [1.29, 1.82) is 0 Å². The average molecular weight is 330 g/mol. The molecule has 0 bridgehead atoms. The second-order valence-corrected chi connectivity index (χ2v) is 5.66. The van der Waals surface area contributed by atoms with Crippen molar-refractivity contribution in [2.24, 2.45) is 0 Å². The van der Waals surface area contributed by atoms with Gasteiger partial charge in [-0.2, -0.15) is 4.98 Å². The van der Waals surface area contributed by atoms with Crippen molar-refractivity contribution in [3.63, 3.8) is 0 Å². The van der Waals surface area contributed by atoms with Gasteiger partial charge in [-0.25, -0.2) is 0 Å². The topological polar surface area (TPSA) is 90.0 Å². The highest BCUT2D eigenvalue weighted by atomic mass is 32.1. The zero-order chi connectivity index (χ0) is 16.2. The van der Waals surface area contributed by atoms with Crippen LogP contribution in [0.3, 0.4) is 0 Å². The van der Waals surface area contributed by atoms with E-state index in [1.165, 1.54) is 22.0 Å². The molecule has 1 amide bonds. The Kier molecular flexibility index (Phi) is 4.33. The van der Waals surface area contributed by atoms with Gasteiger partial charge in [-0.05, 0) is 24.4 Å². The van der Waals surface area contributed by atoms with Gasteiger partial charge in [-0.3, -0.25) is 9.59 Å². The van der Waals surface area contributed by atoms with E-state index in [2.05, 4.69) is 15.5 Å². The predicted octanol–water partition coefficient (Wildman–Crippen LogP) is 1.91. The van der Waals surface area contributed by atoms with E-state index in [0.29, 0.717) is 23.8 Å². The molecule has 3 heterocycles. The maximum atomic E-state index is 12.1. The van der Waals surface area contributed by atoms with Crippen LogP contribution < -0.4 is 10.9 Å². The Hall–Kier alpha value is -2.74. The molecule has 118 valence electrons. The summed E-state index contributed by atoms with van der Waals surface area (Å²) in [5, 5.41) is 8.41. The summed E-state index contributed by atoms with van der Waals surface area (Å²) in [4.78, 5) is 28.9. The Labute approximate surface area is 135 Å². The van der Waals surface area contributed by atoms with Crippen molar-refractivity contribution in [2.75, 3.05) is 0 Å². The van der Waals surface area contributed by atoms with Crippen LogP contribution in [0.15, 0.2) is 45.2 Å². The molecular weight excluding hydrogens is 316 g/mol. The number of thiophene rings is 1. The van der Waals surface area contributed by atoms with Crippen LogP contribution in [0.25, 0.3) is 10.8 Å². The summed E-state index contributed by atoms with van der Waals surface area (Å²) in [6, 6.07) is 6.69. The molecule has 8 heteroatoms. The van der Waals surface area contributed by atoms with Crippen molar-refractivity contribution in [3.05, 3.63) is 57.6 Å². The van der Waals surface area contributed by atoms with Crippen LogP contribution >= 0.6 is 11.3 Å². The van der Waals surface area contributed by atoms with E-state index in [1.807, 2.05) is 24.4 Å². The lowest BCUT2D eigenvalue weighted by molar-refractivity contribution is 0.0949. The predicted molar refractivity (Wildman–Crippen MR) is 85.2 cm³/mol. The fourth-order valence-corrected chi connectivity index (χ4v) is 2.64. The first-order valence-corrected chi connectivity index (χ1v) is 7.90. The van der Waals surface area contributed by atoms with E-state index < -0.39 is 0 Å². The van der Waals surface area contributed by atoms with Gasteiger partial charge >= 0.3 is 0 Å². The molecule has 0 saturated carbocycles. The van der Waals surface area contributed by atoms with Crippen LogP contribution in [-0.4, -0.2) is 20.6 Å². The van der Waals surface area contributed by atoms with E-state index in [9.17, 15) is 9.59 Å². The molecule has 7 nitrogen and oxygen atoms in total. The molecule has 0 aliphatic rings. The van der Waals surface area contributed by atoms with Crippen molar-refractivity contribution in [1.82, 2.24) is 20.0 Å². The Balaban J connectivity index is 1.65. The average Bonchev–Trinajstić information content (AvgIpc) is 3.23. The summed E-state index contributed by atoms with van der Waals surface area (Å²) in [7, 11) is 0. The van der Waals surface area contributed by atoms with Gasteiger partial charge < -0.3 is 14.4 Å². The molecule has 0 radical (unpaired) electrons. The summed E-state index contributed by atoms with van der Waals surface area (Å²) >= 11 is 1.50. The highest BCUT2D eigenvalue weighted by Crippen LogP contribution is 2.22. The number of nitrogens with one attached hydrogen (secondary N) is 1. The molecule has 0 aliphatic carbocycles. The van der Waals surface area contributed by atoms with E-state index in [-0.39, 0.29) is 18.0 Å². The summed E-state index contributed by atoms with van der Waals surface area (Å²) in [6.45, 7) is 2.56. The standard InChI is InChI=1S/C15H14N4O3S/c1-2-19-6-5-10(8-13(19)20)14(21)16-9-12-17-15(22-18-12)11-4-3-7-23-11/h3-8H,2,9H2,1H3,(H,16,21). The lowest BCUT2D eigenvalue weighted by Gasteiger charge is -2.04. The fraction of sp³-hybridized carbons (Fsp3) is 0.200. The maximum absolute atomic E-state index is 12.1. The monoisotopic (exact) mass is 330 g/mol. The number of hydrogen-bond acceptors (Lipinski definition) is 6. The summed E-state index contributed by atoms with van der Waals surface area (Å²) in [6.07, 6.45) is 1.60. The second-order valence-electron chi connectivity index (χ2n) is 4.72. The number of amides is 1. The Bertz CT molecular complexity index is 867. The Morgan fingerprint density at radius 2 is 2.30 bits per heavy atom. The zero-order valence-electron chi connectivity index (χ0n) is 12.4. The van der Waals surface area contributed by atoms with Gasteiger partial charge in [0.2, 0.25) is 0 Å². The van der Waals surface area contributed by atoms with Gasteiger partial charge in [0, 0.05) is 24.4 Å². The molecule has 3 aromatic rings. The second kappa shape index (κ2) is 6.57. The van der Waals surface area contributed by atoms with Gasteiger partial charge in [-0.15, -0.1) is 11.3 Å². The molecular formula is C15H14N4O3S. The minimum Gasteiger partial charge on any atom is -0.345 e. The number of carbonyl (C=O) groups excluding carboxylic acids is 1. The Morgan fingerprint density at radius 3 is 3.00 bits per heavy atom. The molecule has 0 spiro atoms. The van der Waals surface area contributed by atoms with Crippen molar-refractivity contribution in [3.8, 4) is 10.8 Å². The molecule has 1 N–H and O–H groups in total. The number of aromatic nitrogens is 3. The molecule has 0 atom stereocenters. The van der Waals surface area contributed by atoms with E-state index in [4.69, 9.17) is 4.52 Å². The zero-order valence-corrected chi connectivity index (χ0v) is 13.2. The molecule has 0 unspecified atom stereocenters. The largest absolute Gasteiger partial charge is 0.345 e. The molecule has 23 heavy (non-hydrogen) atoms. The van der Waals surface area contributed by atoms with Crippen LogP contribution in [-0.2, 0) is 13.1 Å². The lowest BCUT2D eigenvalue weighted by Crippen LogP contribution is -2.26. The van der Waals surface area contributed by atoms with Gasteiger partial charge in [0.25, 0.3) is 17.4 Å². The summed E-state index contributed by atoms with van der Waals surface area (Å²) in [5.41, 5.74) is 0.0985. The van der Waals surface area contributed by atoms with E-state index in [1.54, 1.807) is 12.3 Å². The minimum absolute atomic E-state index is 0.130. The molecule has 0 aromatic carbocycles. The first-order chi connectivity index (χ1) is 11.2. The molecule has 3 aromatic heterocycles. The van der Waals surface area contributed by atoms with Crippen LogP contribution in [0.2, 0.25) is 0 Å². The number of pyridine rings is 1. The molecule has 0 fully saturated rings. The SMILES string of the molecule is CCn1ccc(C(=O)NCc2noc(-c3cccs3)n2)cc1=O. The summed E-state index contributed by atoms with van der Waals surface area (Å²) in [5.74, 6) is 0.450. The number of rotatable bonds is 5. The highest BCUT2D eigenvalue weighted by molar-refractivity contribution is 7.13. The van der Waals surface area contributed by atoms with Crippen molar-refractivity contribution < 1.29 is 9.32 Å². The van der Waals surface area contributed by atoms with Gasteiger partial charge in [0.1, 0.15) is 0 Å². The number of hydrogen-bond donors (Lipinski definition) is 1. The van der Waals surface area contributed by atoms with Gasteiger partial charge in [-0.1, -0.05) is 11.2 Å². The third-order valence-electron chi connectivity index (χ3n) is 3.21. The maximum Gasteiger partial charge on any atom is 0.268 e. The quantitative estimate of drug-likeness (QED) is 0.772. The lowest BCUT2D eigenvalue weighted by atomic mass is 10.2. The fourth-order valence-electron chi connectivity index (χ4n) is 2.00. The number of aryl methyl sites for hydroxylation is 1. The number of carbonyl (C=O) groups is 1. The van der Waals surface area contributed by atoms with E-state index >= 15 is 0 Å². The van der Waals surface area contributed by atoms with Crippen molar-refractivity contribution >= 4 is 17.2 Å². The third kappa shape index (κ3) is 3.37. The Morgan fingerprint density at radius 1 is 1.43 bits per heavy atom. The molecule has 3 rings (SSSR count). The first-order valence-electron chi connectivity index (χ1n) is 7.02. The van der Waals surface area contributed by atoms with Crippen LogP contribution in [0, 0.1) is 0 Å². The summed E-state index contributed by atoms with van der Waals surface area (Å²) < 4.78 is 6.66. The molecule has 0 saturated heterocycles. The van der Waals surface area contributed by atoms with Crippen molar-refractivity contribution in [2.45, 2.75) is 20.0 Å². The normalized spacial score (nSPS) is 10.7.